The quantitative estimate of drug-likeness (QED) is 0.385. The number of aromatic nitrogens is 2. The summed E-state index contributed by atoms with van der Waals surface area (Å²) < 4.78 is 28.5. The normalized spacial score (nSPS) is 18.0. The molecule has 5 rings (SSSR count). The molecular weight excluding hydrogens is 480 g/mol. The van der Waals surface area contributed by atoms with Gasteiger partial charge in [0.1, 0.15) is 5.52 Å². The van der Waals surface area contributed by atoms with Gasteiger partial charge in [-0.05, 0) is 62.9 Å². The third kappa shape index (κ3) is 5.63. The SMILES string of the molecule is CCCC(=O)O.Cl.O=c1[nH]c2ccc(S(=O)(=O)N(C[C@H]3CCCN3)C3CC3)cc2c2cc[nH]c12. The van der Waals surface area contributed by atoms with Crippen LogP contribution in [0.25, 0.3) is 21.8 Å². The predicted octanol–water partition coefficient (Wildman–Crippen LogP) is 3.21. The fourth-order valence-electron chi connectivity index (χ4n) is 4.27. The number of sulfonamides is 1. The largest absolute Gasteiger partial charge is 0.481 e. The molecule has 0 spiro atoms. The number of hydrogen-bond donors (Lipinski definition) is 4. The van der Waals surface area contributed by atoms with Crippen molar-refractivity contribution in [3.63, 3.8) is 0 Å². The lowest BCUT2D eigenvalue weighted by Crippen LogP contribution is -2.42. The fourth-order valence-corrected chi connectivity index (χ4v) is 6.02. The molecule has 1 saturated heterocycles. The van der Waals surface area contributed by atoms with Gasteiger partial charge in [0.15, 0.2) is 0 Å². The molecule has 1 saturated carbocycles. The van der Waals surface area contributed by atoms with Gasteiger partial charge in [0, 0.05) is 47.5 Å². The van der Waals surface area contributed by atoms with Gasteiger partial charge in [-0.3, -0.25) is 9.59 Å². The van der Waals surface area contributed by atoms with Gasteiger partial charge in [0.2, 0.25) is 10.0 Å². The lowest BCUT2D eigenvalue weighted by Gasteiger charge is -2.25. The summed E-state index contributed by atoms with van der Waals surface area (Å²) in [4.78, 5) is 27.7. The number of nitrogens with one attached hydrogen (secondary N) is 3. The molecule has 2 aliphatic rings. The van der Waals surface area contributed by atoms with E-state index in [-0.39, 0.29) is 34.9 Å². The smallest absolute Gasteiger partial charge is 0.303 e. The van der Waals surface area contributed by atoms with Crippen LogP contribution in [0, 0.1) is 0 Å². The van der Waals surface area contributed by atoms with E-state index in [9.17, 15) is 18.0 Å². The maximum atomic E-state index is 13.4. The molecule has 4 N–H and O–H groups in total. The first-order chi connectivity index (χ1) is 15.8. The Morgan fingerprint density at radius 2 is 1.94 bits per heavy atom. The molecule has 11 heteroatoms. The number of H-pyrrole nitrogens is 2. The van der Waals surface area contributed by atoms with Crippen LogP contribution in [-0.2, 0) is 14.8 Å². The van der Waals surface area contributed by atoms with Gasteiger partial charge in [-0.1, -0.05) is 6.92 Å². The van der Waals surface area contributed by atoms with Crippen molar-refractivity contribution < 1.29 is 18.3 Å². The first-order valence-corrected chi connectivity index (χ1v) is 12.9. The molecule has 3 heterocycles. The monoisotopic (exact) mass is 510 g/mol. The summed E-state index contributed by atoms with van der Waals surface area (Å²) in [5.41, 5.74) is 0.901. The Morgan fingerprint density at radius 3 is 2.53 bits per heavy atom. The zero-order valence-corrected chi connectivity index (χ0v) is 20.7. The average molecular weight is 511 g/mol. The number of pyridine rings is 1. The Balaban J connectivity index is 0.000000415. The van der Waals surface area contributed by atoms with Crippen LogP contribution in [-0.4, -0.2) is 58.9 Å². The van der Waals surface area contributed by atoms with Gasteiger partial charge >= 0.3 is 5.97 Å². The number of carboxylic acid groups (broad SMARTS) is 1. The summed E-state index contributed by atoms with van der Waals surface area (Å²) >= 11 is 0. The molecule has 2 aromatic heterocycles. The Morgan fingerprint density at radius 1 is 1.18 bits per heavy atom. The predicted molar refractivity (Wildman–Crippen MR) is 134 cm³/mol. The number of carbonyl (C=O) groups is 1. The van der Waals surface area contributed by atoms with Crippen molar-refractivity contribution in [2.24, 2.45) is 0 Å². The number of aliphatic carboxylic acids is 1. The van der Waals surface area contributed by atoms with Crippen LogP contribution in [0.15, 0.2) is 40.2 Å². The van der Waals surface area contributed by atoms with Crippen LogP contribution in [0.3, 0.4) is 0 Å². The first kappa shape index (κ1) is 26.2. The van der Waals surface area contributed by atoms with Crippen LogP contribution in [0.2, 0.25) is 0 Å². The minimum Gasteiger partial charge on any atom is -0.481 e. The van der Waals surface area contributed by atoms with Crippen molar-refractivity contribution in [2.75, 3.05) is 13.1 Å². The second-order valence-corrected chi connectivity index (χ2v) is 10.6. The average Bonchev–Trinajstić information content (AvgIpc) is 3.25. The third-order valence-corrected chi connectivity index (χ3v) is 8.01. The van der Waals surface area contributed by atoms with E-state index in [1.807, 2.05) is 13.0 Å². The minimum absolute atomic E-state index is 0. The summed E-state index contributed by atoms with van der Waals surface area (Å²) in [6.45, 7) is 3.32. The topological polar surface area (TPSA) is 135 Å². The molecular formula is C23H31ClN4O5S. The zero-order chi connectivity index (χ0) is 23.6. The van der Waals surface area contributed by atoms with E-state index in [4.69, 9.17) is 5.11 Å². The number of fused-ring (bicyclic) bond motifs is 3. The molecule has 3 aromatic rings. The molecule has 2 fully saturated rings. The fraction of sp³-hybridized carbons (Fsp3) is 0.478. The highest BCUT2D eigenvalue weighted by atomic mass is 35.5. The van der Waals surface area contributed by atoms with Gasteiger partial charge in [0.25, 0.3) is 5.56 Å². The maximum Gasteiger partial charge on any atom is 0.303 e. The Labute approximate surface area is 204 Å². The number of carboxylic acids is 1. The summed E-state index contributed by atoms with van der Waals surface area (Å²) in [5, 5.41) is 12.8. The number of benzene rings is 1. The van der Waals surface area contributed by atoms with Gasteiger partial charge < -0.3 is 20.4 Å². The summed E-state index contributed by atoms with van der Waals surface area (Å²) in [6, 6.07) is 7.13. The molecule has 9 nitrogen and oxygen atoms in total. The number of hydrogen-bond acceptors (Lipinski definition) is 5. The minimum atomic E-state index is -3.59. The van der Waals surface area contributed by atoms with Crippen LogP contribution < -0.4 is 10.9 Å². The van der Waals surface area contributed by atoms with Gasteiger partial charge in [-0.2, -0.15) is 4.31 Å². The van der Waals surface area contributed by atoms with E-state index in [0.717, 1.165) is 49.4 Å². The Hall–Kier alpha value is -2.40. The Bertz CT molecular complexity index is 1310. The molecule has 0 unspecified atom stereocenters. The van der Waals surface area contributed by atoms with E-state index in [2.05, 4.69) is 15.3 Å². The molecule has 186 valence electrons. The lowest BCUT2D eigenvalue weighted by atomic mass is 10.1. The van der Waals surface area contributed by atoms with Crippen LogP contribution in [0.5, 0.6) is 0 Å². The highest BCUT2D eigenvalue weighted by Gasteiger charge is 2.39. The second-order valence-electron chi connectivity index (χ2n) is 8.67. The van der Waals surface area contributed by atoms with E-state index in [1.165, 1.54) is 0 Å². The van der Waals surface area contributed by atoms with Crippen LogP contribution in [0.1, 0.15) is 45.4 Å². The van der Waals surface area contributed by atoms with Crippen molar-refractivity contribution in [1.29, 1.82) is 0 Å². The zero-order valence-electron chi connectivity index (χ0n) is 19.0. The van der Waals surface area contributed by atoms with E-state index in [1.54, 1.807) is 28.7 Å². The van der Waals surface area contributed by atoms with E-state index in [0.29, 0.717) is 24.0 Å². The number of aromatic amines is 2. The van der Waals surface area contributed by atoms with Gasteiger partial charge in [0.05, 0.1) is 4.90 Å². The van der Waals surface area contributed by atoms with Crippen LogP contribution in [0.4, 0.5) is 0 Å². The van der Waals surface area contributed by atoms with Gasteiger partial charge in [-0.25, -0.2) is 8.42 Å². The molecule has 1 atom stereocenters. The first-order valence-electron chi connectivity index (χ1n) is 11.4. The maximum absolute atomic E-state index is 13.4. The molecule has 1 aliphatic carbocycles. The molecule has 0 radical (unpaired) electrons. The standard InChI is InChI=1S/C19H22N4O3S.C4H8O2.ClH/c24-19-18-15(7-9-21-18)16-10-14(5-6-17(16)22-19)27(25,26)23(13-3-4-13)11-12-2-1-8-20-12;1-2-3-4(5)6;/h5-7,9-10,12-13,20-21H,1-4,8,11H2,(H,22,24);2-3H2,1H3,(H,5,6);1H/t12-;;/m1../s1. The van der Waals surface area contributed by atoms with Crippen LogP contribution >= 0.6 is 12.4 Å². The third-order valence-electron chi connectivity index (χ3n) is 6.09. The van der Waals surface area contributed by atoms with Crippen molar-refractivity contribution in [1.82, 2.24) is 19.6 Å². The Kier molecular flexibility index (Phi) is 8.40. The molecule has 1 aliphatic heterocycles. The number of nitrogens with zero attached hydrogens (tertiary/aromatic N) is 1. The lowest BCUT2D eigenvalue weighted by molar-refractivity contribution is -0.137. The molecule has 34 heavy (non-hydrogen) atoms. The molecule has 0 amide bonds. The summed E-state index contributed by atoms with van der Waals surface area (Å²) in [5.74, 6) is -0.711. The second kappa shape index (κ2) is 10.9. The van der Waals surface area contributed by atoms with Gasteiger partial charge in [-0.15, -0.1) is 12.4 Å². The van der Waals surface area contributed by atoms with Crippen molar-refractivity contribution in [3.8, 4) is 0 Å². The highest BCUT2D eigenvalue weighted by molar-refractivity contribution is 7.89. The molecule has 1 aromatic carbocycles. The summed E-state index contributed by atoms with van der Waals surface area (Å²) in [7, 11) is -3.59. The van der Waals surface area contributed by atoms with Crippen molar-refractivity contribution in [3.05, 3.63) is 40.8 Å². The van der Waals surface area contributed by atoms with E-state index >= 15 is 0 Å². The number of rotatable bonds is 7. The highest BCUT2D eigenvalue weighted by Crippen LogP contribution is 2.34. The summed E-state index contributed by atoms with van der Waals surface area (Å²) in [6.07, 6.45) is 6.68. The number of halogens is 1. The molecule has 0 bridgehead atoms. The van der Waals surface area contributed by atoms with Crippen molar-refractivity contribution >= 4 is 50.2 Å². The van der Waals surface area contributed by atoms with E-state index < -0.39 is 16.0 Å². The van der Waals surface area contributed by atoms with Crippen molar-refractivity contribution in [2.45, 2.75) is 62.4 Å².